The minimum Gasteiger partial charge on any atom is -0.444 e. The number of ether oxygens (including phenoxy) is 1. The van der Waals surface area contributed by atoms with Crippen LogP contribution in [0.4, 0.5) is 38.4 Å². The fraction of sp³-hybridized carbons (Fsp3) is 0.542. The number of alkyl halides is 5. The standard InChI is InChI=1S/C24H27F5N6O3/c1-12-10-34(5-6-35(12)22(37)38-23(2,3)4)16-8-13(24(27,28)29)7-15(32-16)19-18-14(20(25)26)9-17(36)33-21(18)31-11-30-19/h7-8,11-12,14,20H,5-6,9-10H2,1-4H3,(H,30,31,33,36)/t12-,14-/m0/s1. The molecule has 1 N–H and O–H groups in total. The van der Waals surface area contributed by atoms with Crippen molar-refractivity contribution in [3.63, 3.8) is 0 Å². The summed E-state index contributed by atoms with van der Waals surface area (Å²) in [5.41, 5.74) is -2.41. The molecule has 2 aromatic rings. The van der Waals surface area contributed by atoms with Crippen molar-refractivity contribution < 1.29 is 36.3 Å². The van der Waals surface area contributed by atoms with Crippen molar-refractivity contribution in [2.45, 2.75) is 64.3 Å². The molecule has 0 saturated carbocycles. The average molecular weight is 543 g/mol. The predicted molar refractivity (Wildman–Crippen MR) is 127 cm³/mol. The molecular weight excluding hydrogens is 515 g/mol. The van der Waals surface area contributed by atoms with Crippen LogP contribution in [0.1, 0.15) is 51.2 Å². The first kappa shape index (κ1) is 27.5. The molecule has 1 saturated heterocycles. The Bertz CT molecular complexity index is 1230. The van der Waals surface area contributed by atoms with E-state index >= 15 is 0 Å². The van der Waals surface area contributed by atoms with Crippen molar-refractivity contribution in [1.82, 2.24) is 19.9 Å². The Balaban J connectivity index is 1.73. The van der Waals surface area contributed by atoms with Crippen LogP contribution in [0.3, 0.4) is 0 Å². The fourth-order valence-electron chi connectivity index (χ4n) is 4.47. The van der Waals surface area contributed by atoms with Gasteiger partial charge in [0.15, 0.2) is 0 Å². The van der Waals surface area contributed by atoms with Crippen molar-refractivity contribution in [3.8, 4) is 11.4 Å². The number of carbonyl (C=O) groups excluding carboxylic acids is 2. The maximum atomic E-state index is 13.9. The smallest absolute Gasteiger partial charge is 0.416 e. The quantitative estimate of drug-likeness (QED) is 0.562. The highest BCUT2D eigenvalue weighted by molar-refractivity contribution is 5.95. The number of nitrogens with zero attached hydrogens (tertiary/aromatic N) is 5. The van der Waals surface area contributed by atoms with E-state index in [-0.39, 0.29) is 48.2 Å². The molecule has 38 heavy (non-hydrogen) atoms. The number of anilines is 2. The first-order chi connectivity index (χ1) is 17.6. The van der Waals surface area contributed by atoms with Gasteiger partial charge in [0, 0.05) is 37.7 Å². The van der Waals surface area contributed by atoms with Gasteiger partial charge in [-0.1, -0.05) is 0 Å². The van der Waals surface area contributed by atoms with E-state index in [9.17, 15) is 31.5 Å². The van der Waals surface area contributed by atoms with Crippen LogP contribution in [-0.2, 0) is 15.7 Å². The number of hydrogen-bond donors (Lipinski definition) is 1. The molecule has 2 aliphatic rings. The molecule has 2 atom stereocenters. The second-order valence-electron chi connectivity index (χ2n) is 10.2. The number of carbonyl (C=O) groups is 2. The zero-order chi connectivity index (χ0) is 28.0. The Hall–Kier alpha value is -3.58. The number of aromatic nitrogens is 3. The van der Waals surface area contributed by atoms with Gasteiger partial charge in [0.05, 0.1) is 22.9 Å². The van der Waals surface area contributed by atoms with E-state index in [1.54, 1.807) is 32.6 Å². The number of rotatable bonds is 3. The number of amides is 2. The van der Waals surface area contributed by atoms with Crippen molar-refractivity contribution in [2.75, 3.05) is 29.9 Å². The van der Waals surface area contributed by atoms with E-state index in [2.05, 4.69) is 20.3 Å². The maximum Gasteiger partial charge on any atom is 0.416 e. The molecule has 4 heterocycles. The Morgan fingerprint density at radius 3 is 2.47 bits per heavy atom. The summed E-state index contributed by atoms with van der Waals surface area (Å²) < 4.78 is 74.9. The van der Waals surface area contributed by atoms with E-state index in [4.69, 9.17) is 4.74 Å². The van der Waals surface area contributed by atoms with Gasteiger partial charge in [-0.2, -0.15) is 13.2 Å². The Labute approximate surface area is 215 Å². The predicted octanol–water partition coefficient (Wildman–Crippen LogP) is 4.69. The summed E-state index contributed by atoms with van der Waals surface area (Å²) >= 11 is 0. The van der Waals surface area contributed by atoms with Gasteiger partial charge in [-0.05, 0) is 39.8 Å². The number of pyridine rings is 1. The number of halogens is 5. The molecule has 0 unspecified atom stereocenters. The lowest BCUT2D eigenvalue weighted by Crippen LogP contribution is -2.55. The highest BCUT2D eigenvalue weighted by Crippen LogP contribution is 2.42. The van der Waals surface area contributed by atoms with Crippen LogP contribution in [0, 0.1) is 0 Å². The van der Waals surface area contributed by atoms with Crippen LogP contribution >= 0.6 is 0 Å². The number of nitrogens with one attached hydrogen (secondary N) is 1. The summed E-state index contributed by atoms with van der Waals surface area (Å²) in [5, 5.41) is 2.38. The van der Waals surface area contributed by atoms with Crippen LogP contribution in [-0.4, -0.2) is 69.6 Å². The van der Waals surface area contributed by atoms with Crippen LogP contribution in [0.15, 0.2) is 18.5 Å². The molecule has 0 aromatic carbocycles. The number of piperazine rings is 1. The molecule has 0 bridgehead atoms. The summed E-state index contributed by atoms with van der Waals surface area (Å²) in [6.07, 6.45) is -7.86. The van der Waals surface area contributed by atoms with E-state index in [0.29, 0.717) is 0 Å². The highest BCUT2D eigenvalue weighted by Gasteiger charge is 2.38. The summed E-state index contributed by atoms with van der Waals surface area (Å²) in [6.45, 7) is 7.42. The van der Waals surface area contributed by atoms with Crippen molar-refractivity contribution in [1.29, 1.82) is 0 Å². The van der Waals surface area contributed by atoms with E-state index in [0.717, 1.165) is 18.5 Å². The zero-order valence-electron chi connectivity index (χ0n) is 21.1. The van der Waals surface area contributed by atoms with Gasteiger partial charge >= 0.3 is 12.3 Å². The lowest BCUT2D eigenvalue weighted by atomic mass is 9.90. The fourth-order valence-corrected chi connectivity index (χ4v) is 4.47. The molecule has 206 valence electrons. The molecule has 4 rings (SSSR count). The van der Waals surface area contributed by atoms with Crippen LogP contribution in [0.5, 0.6) is 0 Å². The van der Waals surface area contributed by atoms with E-state index in [1.165, 1.54) is 4.90 Å². The Morgan fingerprint density at radius 2 is 1.87 bits per heavy atom. The number of hydrogen-bond acceptors (Lipinski definition) is 7. The minimum absolute atomic E-state index is 0.0497. The maximum absolute atomic E-state index is 13.9. The molecule has 0 aliphatic carbocycles. The molecule has 2 amide bonds. The van der Waals surface area contributed by atoms with Gasteiger partial charge in [0.25, 0.3) is 0 Å². The Morgan fingerprint density at radius 1 is 1.16 bits per heavy atom. The van der Waals surface area contributed by atoms with Crippen molar-refractivity contribution in [2.24, 2.45) is 0 Å². The third kappa shape index (κ3) is 5.78. The van der Waals surface area contributed by atoms with Gasteiger partial charge in [-0.25, -0.2) is 28.5 Å². The van der Waals surface area contributed by atoms with E-state index in [1.807, 2.05) is 0 Å². The Kier molecular flexibility index (Phi) is 7.19. The average Bonchev–Trinajstić information content (AvgIpc) is 2.80. The highest BCUT2D eigenvalue weighted by atomic mass is 19.4. The van der Waals surface area contributed by atoms with Gasteiger partial charge in [0.2, 0.25) is 12.3 Å². The molecule has 9 nitrogen and oxygen atoms in total. The van der Waals surface area contributed by atoms with Gasteiger partial charge in [0.1, 0.15) is 23.6 Å². The van der Waals surface area contributed by atoms with Gasteiger partial charge < -0.3 is 19.9 Å². The largest absolute Gasteiger partial charge is 0.444 e. The first-order valence-corrected chi connectivity index (χ1v) is 11.9. The summed E-state index contributed by atoms with van der Waals surface area (Å²) in [7, 11) is 0. The molecular formula is C24H27F5N6O3. The lowest BCUT2D eigenvalue weighted by molar-refractivity contribution is -0.137. The molecule has 2 aliphatic heterocycles. The van der Waals surface area contributed by atoms with Crippen LogP contribution in [0.25, 0.3) is 11.4 Å². The van der Waals surface area contributed by atoms with E-state index < -0.39 is 54.1 Å². The van der Waals surface area contributed by atoms with Crippen LogP contribution < -0.4 is 10.2 Å². The third-order valence-corrected chi connectivity index (χ3v) is 6.18. The lowest BCUT2D eigenvalue weighted by Gasteiger charge is -2.40. The first-order valence-electron chi connectivity index (χ1n) is 11.9. The minimum atomic E-state index is -4.76. The van der Waals surface area contributed by atoms with Crippen LogP contribution in [0.2, 0.25) is 0 Å². The summed E-state index contributed by atoms with van der Waals surface area (Å²) in [5.74, 6) is -2.52. The summed E-state index contributed by atoms with van der Waals surface area (Å²) in [6, 6.07) is 1.20. The SMILES string of the molecule is C[C@H]1CN(c2cc(C(F)(F)F)cc(-c3ncnc4c3[C@@H](C(F)F)CC(=O)N4)n2)CCN1C(=O)OC(C)(C)C. The summed E-state index contributed by atoms with van der Waals surface area (Å²) in [4.78, 5) is 39.8. The molecule has 0 spiro atoms. The third-order valence-electron chi connectivity index (χ3n) is 6.18. The molecule has 1 fully saturated rings. The second-order valence-corrected chi connectivity index (χ2v) is 10.2. The topological polar surface area (TPSA) is 101 Å². The number of fused-ring (bicyclic) bond motifs is 1. The van der Waals surface area contributed by atoms with Gasteiger partial charge in [-0.3, -0.25) is 4.79 Å². The normalized spacial score (nSPS) is 20.3. The monoisotopic (exact) mass is 542 g/mol. The molecule has 2 aromatic heterocycles. The zero-order valence-corrected chi connectivity index (χ0v) is 21.1. The van der Waals surface area contributed by atoms with Crippen molar-refractivity contribution in [3.05, 3.63) is 29.6 Å². The molecule has 0 radical (unpaired) electrons. The molecule has 14 heteroatoms. The van der Waals surface area contributed by atoms with Gasteiger partial charge in [-0.15, -0.1) is 0 Å². The van der Waals surface area contributed by atoms with Crippen molar-refractivity contribution >= 4 is 23.6 Å². The second kappa shape index (κ2) is 9.95.